The van der Waals surface area contributed by atoms with Gasteiger partial charge in [0.1, 0.15) is 11.5 Å². The van der Waals surface area contributed by atoms with Crippen molar-refractivity contribution in [3.05, 3.63) is 59.2 Å². The molecule has 1 N–H and O–H groups in total. The number of nitrogens with one attached hydrogen (secondary N) is 1. The molecule has 2 amide bonds. The zero-order chi connectivity index (χ0) is 15.7. The molecule has 1 heterocycles. The fourth-order valence-electron chi connectivity index (χ4n) is 2.64. The van der Waals surface area contributed by atoms with Gasteiger partial charge < -0.3 is 4.74 Å². The molecule has 1 aliphatic heterocycles. The Hall–Kier alpha value is -2.62. The van der Waals surface area contributed by atoms with Gasteiger partial charge in [0.25, 0.3) is 5.91 Å². The second kappa shape index (κ2) is 5.64. The Morgan fingerprint density at radius 2 is 1.73 bits per heavy atom. The number of rotatable bonds is 3. The molecule has 4 heteroatoms. The summed E-state index contributed by atoms with van der Waals surface area (Å²) in [7, 11) is 0. The number of carbonyl (C=O) groups excluding carboxylic acids is 2. The van der Waals surface area contributed by atoms with Crippen molar-refractivity contribution in [3.8, 4) is 11.5 Å². The first-order valence-corrected chi connectivity index (χ1v) is 7.29. The maximum atomic E-state index is 12.1. The van der Waals surface area contributed by atoms with Gasteiger partial charge >= 0.3 is 0 Å². The molecule has 22 heavy (non-hydrogen) atoms. The molecule has 0 fully saturated rings. The summed E-state index contributed by atoms with van der Waals surface area (Å²) in [6.07, 6.45) is 0.199. The third-order valence-corrected chi connectivity index (χ3v) is 3.70. The Morgan fingerprint density at radius 3 is 2.50 bits per heavy atom. The molecule has 112 valence electrons. The Balaban J connectivity index is 2.03. The molecule has 0 spiro atoms. The molecule has 0 saturated heterocycles. The quantitative estimate of drug-likeness (QED) is 0.883. The number of imide groups is 1. The van der Waals surface area contributed by atoms with Crippen LogP contribution >= 0.6 is 0 Å². The van der Waals surface area contributed by atoms with Crippen LogP contribution in [0.3, 0.4) is 0 Å². The lowest BCUT2D eigenvalue weighted by Gasteiger charge is -2.20. The molecule has 3 rings (SSSR count). The van der Waals surface area contributed by atoms with Crippen molar-refractivity contribution in [1.29, 1.82) is 0 Å². The van der Waals surface area contributed by atoms with Crippen LogP contribution in [0.4, 0.5) is 0 Å². The van der Waals surface area contributed by atoms with E-state index in [2.05, 4.69) is 19.2 Å². The standard InChI is InChI=1S/C18H17NO3/c1-11(2)13-7-3-4-8-14(13)22-15-9-5-6-12-10-16(20)19-18(21)17(12)15/h3-9,11H,10H2,1-2H3,(H,19,20,21). The number of para-hydroxylation sites is 1. The summed E-state index contributed by atoms with van der Waals surface area (Å²) in [4.78, 5) is 23.6. The number of ether oxygens (including phenoxy) is 1. The van der Waals surface area contributed by atoms with Crippen LogP contribution in [0.2, 0.25) is 0 Å². The van der Waals surface area contributed by atoms with Crippen molar-refractivity contribution < 1.29 is 14.3 Å². The zero-order valence-corrected chi connectivity index (χ0v) is 12.6. The Kier molecular flexibility index (Phi) is 3.67. The van der Waals surface area contributed by atoms with Gasteiger partial charge in [0.2, 0.25) is 5.91 Å². The van der Waals surface area contributed by atoms with Gasteiger partial charge in [0.15, 0.2) is 0 Å². The molecule has 0 aromatic heterocycles. The van der Waals surface area contributed by atoms with Gasteiger partial charge in [-0.2, -0.15) is 0 Å². The van der Waals surface area contributed by atoms with Gasteiger partial charge in [-0.15, -0.1) is 0 Å². The van der Waals surface area contributed by atoms with E-state index in [1.807, 2.05) is 24.3 Å². The zero-order valence-electron chi connectivity index (χ0n) is 12.6. The first kappa shape index (κ1) is 14.3. The lowest BCUT2D eigenvalue weighted by Crippen LogP contribution is -2.37. The van der Waals surface area contributed by atoms with Gasteiger partial charge in [0.05, 0.1) is 12.0 Å². The third-order valence-electron chi connectivity index (χ3n) is 3.70. The topological polar surface area (TPSA) is 55.4 Å². The molecule has 0 saturated carbocycles. The van der Waals surface area contributed by atoms with E-state index in [0.717, 1.165) is 11.3 Å². The fraction of sp³-hybridized carbons (Fsp3) is 0.222. The van der Waals surface area contributed by atoms with E-state index in [1.165, 1.54) is 0 Å². The Labute approximate surface area is 129 Å². The predicted octanol–water partition coefficient (Wildman–Crippen LogP) is 3.41. The summed E-state index contributed by atoms with van der Waals surface area (Å²) in [5.41, 5.74) is 2.22. The van der Waals surface area contributed by atoms with E-state index < -0.39 is 5.91 Å². The van der Waals surface area contributed by atoms with Crippen LogP contribution in [0.1, 0.15) is 41.3 Å². The lowest BCUT2D eigenvalue weighted by atomic mass is 9.98. The van der Waals surface area contributed by atoms with Crippen LogP contribution in [0.15, 0.2) is 42.5 Å². The van der Waals surface area contributed by atoms with Gasteiger partial charge in [-0.05, 0) is 29.2 Å². The highest BCUT2D eigenvalue weighted by molar-refractivity contribution is 6.11. The van der Waals surface area contributed by atoms with Crippen molar-refractivity contribution in [2.75, 3.05) is 0 Å². The van der Waals surface area contributed by atoms with Crippen molar-refractivity contribution in [3.63, 3.8) is 0 Å². The summed E-state index contributed by atoms with van der Waals surface area (Å²) in [6, 6.07) is 13.1. The number of amides is 2. The van der Waals surface area contributed by atoms with Crippen molar-refractivity contribution in [2.24, 2.45) is 0 Å². The second-order valence-corrected chi connectivity index (χ2v) is 5.64. The van der Waals surface area contributed by atoms with Crippen molar-refractivity contribution in [1.82, 2.24) is 5.32 Å². The summed E-state index contributed by atoms with van der Waals surface area (Å²) >= 11 is 0. The van der Waals surface area contributed by atoms with Crippen molar-refractivity contribution in [2.45, 2.75) is 26.2 Å². The first-order valence-electron chi connectivity index (χ1n) is 7.29. The summed E-state index contributed by atoms with van der Waals surface area (Å²) in [5.74, 6) is 0.846. The molecule has 2 aromatic carbocycles. The predicted molar refractivity (Wildman–Crippen MR) is 83.2 cm³/mol. The first-order chi connectivity index (χ1) is 10.6. The van der Waals surface area contributed by atoms with Crippen LogP contribution in [0.25, 0.3) is 0 Å². The van der Waals surface area contributed by atoms with Crippen LogP contribution in [0, 0.1) is 0 Å². The number of fused-ring (bicyclic) bond motifs is 1. The number of benzene rings is 2. The van der Waals surface area contributed by atoms with E-state index in [9.17, 15) is 9.59 Å². The van der Waals surface area contributed by atoms with Crippen molar-refractivity contribution >= 4 is 11.8 Å². The van der Waals surface area contributed by atoms with Gasteiger partial charge in [0, 0.05) is 0 Å². The van der Waals surface area contributed by atoms with Crippen LogP contribution in [-0.4, -0.2) is 11.8 Å². The van der Waals surface area contributed by atoms with E-state index in [1.54, 1.807) is 18.2 Å². The largest absolute Gasteiger partial charge is 0.456 e. The van der Waals surface area contributed by atoms with E-state index >= 15 is 0 Å². The second-order valence-electron chi connectivity index (χ2n) is 5.64. The molecule has 0 unspecified atom stereocenters. The number of hydrogen-bond acceptors (Lipinski definition) is 3. The molecule has 0 atom stereocenters. The molecule has 0 aliphatic carbocycles. The molecule has 0 bridgehead atoms. The molecular formula is C18H17NO3. The molecule has 0 radical (unpaired) electrons. The maximum Gasteiger partial charge on any atom is 0.261 e. The normalized spacial score (nSPS) is 13.8. The third kappa shape index (κ3) is 2.60. The van der Waals surface area contributed by atoms with Crippen LogP contribution in [0.5, 0.6) is 11.5 Å². The van der Waals surface area contributed by atoms with Gasteiger partial charge in [-0.1, -0.05) is 44.2 Å². The average molecular weight is 295 g/mol. The van der Waals surface area contributed by atoms with E-state index in [4.69, 9.17) is 4.74 Å². The Morgan fingerprint density at radius 1 is 1.00 bits per heavy atom. The molecule has 2 aromatic rings. The SMILES string of the molecule is CC(C)c1ccccc1Oc1cccc2c1C(=O)NC(=O)C2. The monoisotopic (exact) mass is 295 g/mol. The number of hydrogen-bond donors (Lipinski definition) is 1. The highest BCUT2D eigenvalue weighted by atomic mass is 16.5. The molecular weight excluding hydrogens is 278 g/mol. The van der Waals surface area contributed by atoms with Gasteiger partial charge in [-0.3, -0.25) is 14.9 Å². The van der Waals surface area contributed by atoms with E-state index in [0.29, 0.717) is 22.8 Å². The minimum Gasteiger partial charge on any atom is -0.456 e. The highest BCUT2D eigenvalue weighted by Crippen LogP contribution is 2.34. The number of carbonyl (C=O) groups is 2. The smallest absolute Gasteiger partial charge is 0.261 e. The minimum atomic E-state index is -0.399. The summed E-state index contributed by atoms with van der Waals surface area (Å²) < 4.78 is 6.00. The molecule has 4 nitrogen and oxygen atoms in total. The molecule has 1 aliphatic rings. The Bertz CT molecular complexity index is 750. The van der Waals surface area contributed by atoms with Crippen LogP contribution in [-0.2, 0) is 11.2 Å². The maximum absolute atomic E-state index is 12.1. The van der Waals surface area contributed by atoms with E-state index in [-0.39, 0.29) is 12.3 Å². The van der Waals surface area contributed by atoms with Gasteiger partial charge in [-0.25, -0.2) is 0 Å². The summed E-state index contributed by atoms with van der Waals surface area (Å²) in [5, 5.41) is 2.34. The lowest BCUT2D eigenvalue weighted by molar-refractivity contribution is -0.119. The van der Waals surface area contributed by atoms with Crippen LogP contribution < -0.4 is 10.1 Å². The fourth-order valence-corrected chi connectivity index (χ4v) is 2.64. The summed E-state index contributed by atoms with van der Waals surface area (Å²) in [6.45, 7) is 4.18. The minimum absolute atomic E-state index is 0.199. The highest BCUT2D eigenvalue weighted by Gasteiger charge is 2.26. The average Bonchev–Trinajstić information content (AvgIpc) is 2.47.